The summed E-state index contributed by atoms with van der Waals surface area (Å²) in [6, 6.07) is 43.2. The van der Waals surface area contributed by atoms with Crippen LogP contribution in [0.25, 0.3) is 11.1 Å². The first-order valence-electron chi connectivity index (χ1n) is 16.0. The van der Waals surface area contributed by atoms with E-state index in [9.17, 15) is 0 Å². The Bertz CT molecular complexity index is 2110. The highest BCUT2D eigenvalue weighted by Crippen LogP contribution is 2.47. The molecule has 0 amide bonds. The number of aryl methyl sites for hydroxylation is 6. The third kappa shape index (κ3) is 4.25. The Morgan fingerprint density at radius 2 is 1.00 bits per heavy atom. The number of hydrogen-bond donors (Lipinski definition) is 0. The SMILES string of the molecule is Cc1cc(C)cc(N2c3cc(C)cc(C)c3B3c4ccccc4N(c4ccccc4)c4cc(-c5c(C)cccc5C)cc2c43)c1. The van der Waals surface area contributed by atoms with Gasteiger partial charge in [-0.15, -0.1) is 0 Å². The summed E-state index contributed by atoms with van der Waals surface area (Å²) >= 11 is 0. The molecule has 6 aromatic rings. The Morgan fingerprint density at radius 3 is 1.69 bits per heavy atom. The maximum absolute atomic E-state index is 2.55. The quantitative estimate of drug-likeness (QED) is 0.192. The topological polar surface area (TPSA) is 6.48 Å². The maximum Gasteiger partial charge on any atom is 0.252 e. The molecular weight excluding hydrogens is 543 g/mol. The van der Waals surface area contributed by atoms with Gasteiger partial charge in [-0.05, 0) is 145 Å². The van der Waals surface area contributed by atoms with E-state index in [0.717, 1.165) is 0 Å². The van der Waals surface area contributed by atoms with Crippen LogP contribution in [0.3, 0.4) is 0 Å². The minimum Gasteiger partial charge on any atom is -0.311 e. The van der Waals surface area contributed by atoms with E-state index in [1.165, 1.54) is 95.0 Å². The number of nitrogens with zero attached hydrogens (tertiary/aromatic N) is 2. The minimum absolute atomic E-state index is 0.121. The fourth-order valence-electron chi connectivity index (χ4n) is 8.08. The van der Waals surface area contributed by atoms with Gasteiger partial charge in [0.2, 0.25) is 0 Å². The van der Waals surface area contributed by atoms with E-state index < -0.39 is 0 Å². The zero-order valence-electron chi connectivity index (χ0n) is 26.9. The Balaban J connectivity index is 1.56. The van der Waals surface area contributed by atoms with Gasteiger partial charge in [0.25, 0.3) is 6.71 Å². The van der Waals surface area contributed by atoms with Crippen molar-refractivity contribution in [2.75, 3.05) is 9.80 Å². The Labute approximate surface area is 267 Å². The van der Waals surface area contributed by atoms with Crippen LogP contribution >= 0.6 is 0 Å². The smallest absolute Gasteiger partial charge is 0.252 e. The third-order valence-corrected chi connectivity index (χ3v) is 9.68. The van der Waals surface area contributed by atoms with Gasteiger partial charge in [0.15, 0.2) is 0 Å². The van der Waals surface area contributed by atoms with Crippen LogP contribution in [-0.2, 0) is 0 Å². The van der Waals surface area contributed by atoms with Gasteiger partial charge in [0.1, 0.15) is 0 Å². The molecule has 0 bridgehead atoms. The maximum atomic E-state index is 2.55. The van der Waals surface area contributed by atoms with Gasteiger partial charge in [-0.3, -0.25) is 0 Å². The predicted octanol–water partition coefficient (Wildman–Crippen LogP) is 9.29. The highest BCUT2D eigenvalue weighted by Gasteiger charge is 2.44. The molecule has 8 rings (SSSR count). The molecule has 0 unspecified atom stereocenters. The van der Waals surface area contributed by atoms with E-state index in [1.807, 2.05) is 0 Å². The summed E-state index contributed by atoms with van der Waals surface area (Å²) < 4.78 is 0. The molecule has 0 spiro atoms. The van der Waals surface area contributed by atoms with Gasteiger partial charge >= 0.3 is 0 Å². The number of benzene rings is 6. The first-order valence-corrected chi connectivity index (χ1v) is 16.0. The molecule has 2 nitrogen and oxygen atoms in total. The van der Waals surface area contributed by atoms with E-state index in [0.29, 0.717) is 0 Å². The van der Waals surface area contributed by atoms with Crippen molar-refractivity contribution >= 4 is 57.2 Å². The first-order chi connectivity index (χ1) is 21.8. The molecule has 0 aliphatic carbocycles. The summed E-state index contributed by atoms with van der Waals surface area (Å²) in [5.41, 5.74) is 21.8. The van der Waals surface area contributed by atoms with Crippen LogP contribution in [0.2, 0.25) is 0 Å². The molecule has 0 saturated carbocycles. The van der Waals surface area contributed by atoms with Crippen molar-refractivity contribution in [2.45, 2.75) is 41.5 Å². The fourth-order valence-corrected chi connectivity index (χ4v) is 8.08. The molecule has 0 saturated heterocycles. The molecule has 45 heavy (non-hydrogen) atoms. The molecule has 2 aliphatic heterocycles. The average molecular weight is 581 g/mol. The second kappa shape index (κ2) is 10.3. The van der Waals surface area contributed by atoms with Crippen molar-refractivity contribution in [3.05, 3.63) is 149 Å². The highest BCUT2D eigenvalue weighted by molar-refractivity contribution is 7.00. The summed E-state index contributed by atoms with van der Waals surface area (Å²) in [4.78, 5) is 5.05. The van der Waals surface area contributed by atoms with Crippen LogP contribution in [0.4, 0.5) is 34.1 Å². The van der Waals surface area contributed by atoms with Crippen molar-refractivity contribution in [1.29, 1.82) is 0 Å². The van der Waals surface area contributed by atoms with Gasteiger partial charge in [-0.1, -0.05) is 72.3 Å². The van der Waals surface area contributed by atoms with Crippen LogP contribution in [-0.4, -0.2) is 6.71 Å². The van der Waals surface area contributed by atoms with Crippen molar-refractivity contribution in [2.24, 2.45) is 0 Å². The lowest BCUT2D eigenvalue weighted by Crippen LogP contribution is -2.62. The number of anilines is 6. The second-order valence-corrected chi connectivity index (χ2v) is 13.1. The predicted molar refractivity (Wildman–Crippen MR) is 194 cm³/mol. The van der Waals surface area contributed by atoms with Crippen LogP contribution in [0.5, 0.6) is 0 Å². The van der Waals surface area contributed by atoms with E-state index in [4.69, 9.17) is 0 Å². The largest absolute Gasteiger partial charge is 0.311 e. The monoisotopic (exact) mass is 580 g/mol. The summed E-state index contributed by atoms with van der Waals surface area (Å²) in [5.74, 6) is 0. The molecule has 0 N–H and O–H groups in total. The number of fused-ring (bicyclic) bond motifs is 4. The van der Waals surface area contributed by atoms with Gasteiger partial charge in [-0.2, -0.15) is 0 Å². The lowest BCUT2D eigenvalue weighted by Gasteiger charge is -2.45. The lowest BCUT2D eigenvalue weighted by molar-refractivity contribution is 1.22. The lowest BCUT2D eigenvalue weighted by atomic mass is 9.32. The Hall–Kier alpha value is -5.02. The molecule has 0 radical (unpaired) electrons. The second-order valence-electron chi connectivity index (χ2n) is 13.1. The minimum atomic E-state index is 0.121. The van der Waals surface area contributed by atoms with Crippen molar-refractivity contribution in [3.63, 3.8) is 0 Å². The summed E-state index contributed by atoms with van der Waals surface area (Å²) in [7, 11) is 0. The van der Waals surface area contributed by atoms with Gasteiger partial charge in [-0.25, -0.2) is 0 Å². The number of rotatable bonds is 3. The number of hydrogen-bond acceptors (Lipinski definition) is 2. The molecule has 3 heteroatoms. The first kappa shape index (κ1) is 27.5. The van der Waals surface area contributed by atoms with Gasteiger partial charge in [0.05, 0.1) is 0 Å². The Kier molecular flexibility index (Phi) is 6.29. The Morgan fingerprint density at radius 1 is 0.422 bits per heavy atom. The summed E-state index contributed by atoms with van der Waals surface area (Å²) in [6.07, 6.45) is 0. The van der Waals surface area contributed by atoms with Gasteiger partial charge < -0.3 is 9.80 Å². The summed E-state index contributed by atoms with van der Waals surface area (Å²) in [6.45, 7) is 13.5. The van der Waals surface area contributed by atoms with E-state index in [1.54, 1.807) is 0 Å². The van der Waals surface area contributed by atoms with Crippen molar-refractivity contribution < 1.29 is 0 Å². The van der Waals surface area contributed by atoms with Crippen molar-refractivity contribution in [3.8, 4) is 11.1 Å². The van der Waals surface area contributed by atoms with Crippen LogP contribution in [0.15, 0.2) is 115 Å². The average Bonchev–Trinajstić information content (AvgIpc) is 3.00. The van der Waals surface area contributed by atoms with Crippen LogP contribution < -0.4 is 26.2 Å². The molecule has 0 atom stereocenters. The number of para-hydroxylation sites is 2. The molecular formula is C42H37BN2. The third-order valence-electron chi connectivity index (χ3n) is 9.68. The molecule has 2 heterocycles. The fraction of sp³-hybridized carbons (Fsp3) is 0.143. The molecule has 6 aromatic carbocycles. The molecule has 2 aliphatic rings. The normalized spacial score (nSPS) is 13.0. The van der Waals surface area contributed by atoms with Crippen molar-refractivity contribution in [1.82, 2.24) is 0 Å². The standard InChI is InChI=1S/C42H37BN2/c1-26-19-27(2)22-34(21-26)45-37-23-28(3)20-31(6)41(37)43-35-17-10-11-18-36(35)44(33-15-8-7-9-16-33)38-24-32(25-39(45)42(38)43)40-29(4)13-12-14-30(40)5/h7-25H,1-6H3. The van der Waals surface area contributed by atoms with Crippen LogP contribution in [0, 0.1) is 41.5 Å². The van der Waals surface area contributed by atoms with Gasteiger partial charge in [0, 0.05) is 34.1 Å². The van der Waals surface area contributed by atoms with Crippen LogP contribution in [0.1, 0.15) is 33.4 Å². The zero-order chi connectivity index (χ0) is 31.0. The van der Waals surface area contributed by atoms with E-state index >= 15 is 0 Å². The van der Waals surface area contributed by atoms with E-state index in [-0.39, 0.29) is 6.71 Å². The molecule has 0 aromatic heterocycles. The molecule has 218 valence electrons. The zero-order valence-corrected chi connectivity index (χ0v) is 26.9. The molecule has 0 fully saturated rings. The van der Waals surface area contributed by atoms with E-state index in [2.05, 4.69) is 167 Å². The summed E-state index contributed by atoms with van der Waals surface area (Å²) in [5, 5.41) is 0. The highest BCUT2D eigenvalue weighted by atomic mass is 15.2.